The van der Waals surface area contributed by atoms with Crippen LogP contribution in [-0.4, -0.2) is 29.1 Å². The summed E-state index contributed by atoms with van der Waals surface area (Å²) in [6.45, 7) is 1.96. The molecule has 0 radical (unpaired) electrons. The Hall–Kier alpha value is -1.10. The molecule has 0 spiro atoms. The maximum Gasteiger partial charge on any atom is 0.305 e. The van der Waals surface area contributed by atoms with Crippen LogP contribution in [0.3, 0.4) is 0 Å². The molecule has 1 saturated carbocycles. The quantitative estimate of drug-likeness (QED) is 0.638. The van der Waals surface area contributed by atoms with Crippen molar-refractivity contribution < 1.29 is 14.7 Å². The molecule has 0 saturated heterocycles. The van der Waals surface area contributed by atoms with Gasteiger partial charge in [0.2, 0.25) is 5.91 Å². The van der Waals surface area contributed by atoms with E-state index in [0.29, 0.717) is 5.92 Å². The number of nitrogens with one attached hydrogen (secondary N) is 1. The minimum atomic E-state index is -1.05. The van der Waals surface area contributed by atoms with Gasteiger partial charge in [0, 0.05) is 6.04 Å². The van der Waals surface area contributed by atoms with E-state index in [1.807, 2.05) is 6.92 Å². The normalized spacial score (nSPS) is 20.4. The fourth-order valence-corrected chi connectivity index (χ4v) is 2.19. The summed E-state index contributed by atoms with van der Waals surface area (Å²) >= 11 is 0. The van der Waals surface area contributed by atoms with E-state index >= 15 is 0 Å². The Kier molecular flexibility index (Phi) is 4.73. The average Bonchev–Trinajstić information content (AvgIpc) is 2.68. The van der Waals surface area contributed by atoms with Gasteiger partial charge >= 0.3 is 5.97 Å². The number of hydrogen-bond donors (Lipinski definition) is 3. The number of carboxylic acids is 1. The fraction of sp³-hybridized carbons (Fsp3) is 0.818. The Labute approximate surface area is 95.4 Å². The van der Waals surface area contributed by atoms with Crippen molar-refractivity contribution in [3.8, 4) is 0 Å². The summed E-state index contributed by atoms with van der Waals surface area (Å²) in [6, 6.07) is -0.851. The van der Waals surface area contributed by atoms with Gasteiger partial charge in [0.1, 0.15) is 0 Å². The fourth-order valence-electron chi connectivity index (χ4n) is 2.19. The molecule has 1 rings (SSSR count). The molecule has 2 atom stereocenters. The Morgan fingerprint density at radius 3 is 2.50 bits per heavy atom. The number of carbonyl (C=O) groups excluding carboxylic acids is 1. The molecule has 1 amide bonds. The summed E-state index contributed by atoms with van der Waals surface area (Å²) in [5.74, 6) is -0.890. The molecule has 1 aliphatic carbocycles. The van der Waals surface area contributed by atoms with Crippen molar-refractivity contribution >= 4 is 11.9 Å². The summed E-state index contributed by atoms with van der Waals surface area (Å²) in [5, 5.41) is 11.3. The van der Waals surface area contributed by atoms with Crippen molar-refractivity contribution in [2.45, 2.75) is 51.1 Å². The SMILES string of the molecule is C[C@H](NC(=O)C(N)CC(=O)O)C1CCCC1. The van der Waals surface area contributed by atoms with Gasteiger partial charge in [0.05, 0.1) is 12.5 Å². The Bertz CT molecular complexity index is 262. The first kappa shape index (κ1) is 13.0. The van der Waals surface area contributed by atoms with E-state index in [-0.39, 0.29) is 18.4 Å². The first-order chi connectivity index (χ1) is 7.50. The second-order valence-electron chi connectivity index (χ2n) is 4.55. The first-order valence-corrected chi connectivity index (χ1v) is 5.78. The van der Waals surface area contributed by atoms with Gasteiger partial charge in [-0.3, -0.25) is 9.59 Å². The van der Waals surface area contributed by atoms with E-state index < -0.39 is 12.0 Å². The zero-order valence-electron chi connectivity index (χ0n) is 9.61. The van der Waals surface area contributed by atoms with Crippen LogP contribution in [0.5, 0.6) is 0 Å². The Morgan fingerprint density at radius 1 is 1.44 bits per heavy atom. The molecule has 0 aliphatic heterocycles. The lowest BCUT2D eigenvalue weighted by Crippen LogP contribution is -2.47. The van der Waals surface area contributed by atoms with Crippen molar-refractivity contribution in [3.05, 3.63) is 0 Å². The van der Waals surface area contributed by atoms with Crippen LogP contribution >= 0.6 is 0 Å². The highest BCUT2D eigenvalue weighted by Gasteiger charge is 2.25. The monoisotopic (exact) mass is 228 g/mol. The molecule has 0 bridgehead atoms. The highest BCUT2D eigenvalue weighted by atomic mass is 16.4. The van der Waals surface area contributed by atoms with Crippen LogP contribution in [0.25, 0.3) is 0 Å². The van der Waals surface area contributed by atoms with E-state index in [2.05, 4.69) is 5.32 Å². The molecule has 0 aromatic heterocycles. The molecule has 1 fully saturated rings. The molecular weight excluding hydrogens is 208 g/mol. The van der Waals surface area contributed by atoms with Crippen LogP contribution in [0, 0.1) is 5.92 Å². The second kappa shape index (κ2) is 5.84. The third kappa shape index (κ3) is 3.81. The van der Waals surface area contributed by atoms with Crippen LogP contribution in [0.4, 0.5) is 0 Å². The van der Waals surface area contributed by atoms with Crippen molar-refractivity contribution in [2.75, 3.05) is 0 Å². The van der Waals surface area contributed by atoms with E-state index in [4.69, 9.17) is 10.8 Å². The van der Waals surface area contributed by atoms with Crippen molar-refractivity contribution in [2.24, 2.45) is 11.7 Å². The third-order valence-electron chi connectivity index (χ3n) is 3.21. The molecular formula is C11H20N2O3. The standard InChI is InChI=1S/C11H20N2O3/c1-7(8-4-2-3-5-8)13-11(16)9(12)6-10(14)15/h7-9H,2-6,12H2,1H3,(H,13,16)(H,14,15)/t7-,9?/m0/s1. The predicted octanol–water partition coefficient (Wildman–Crippen LogP) is 0.483. The topological polar surface area (TPSA) is 92.4 Å². The van der Waals surface area contributed by atoms with E-state index in [0.717, 1.165) is 12.8 Å². The summed E-state index contributed by atoms with van der Waals surface area (Å²) < 4.78 is 0. The number of amides is 1. The molecule has 5 nitrogen and oxygen atoms in total. The van der Waals surface area contributed by atoms with Crippen LogP contribution in [0.15, 0.2) is 0 Å². The van der Waals surface area contributed by atoms with Gasteiger partial charge in [0.15, 0.2) is 0 Å². The molecule has 92 valence electrons. The first-order valence-electron chi connectivity index (χ1n) is 5.78. The van der Waals surface area contributed by atoms with Crippen LogP contribution in [-0.2, 0) is 9.59 Å². The van der Waals surface area contributed by atoms with Gasteiger partial charge in [-0.25, -0.2) is 0 Å². The minimum Gasteiger partial charge on any atom is -0.481 e. The molecule has 4 N–H and O–H groups in total. The molecule has 1 aliphatic rings. The van der Waals surface area contributed by atoms with Gasteiger partial charge in [0.25, 0.3) is 0 Å². The van der Waals surface area contributed by atoms with Crippen LogP contribution in [0.1, 0.15) is 39.0 Å². The largest absolute Gasteiger partial charge is 0.481 e. The van der Waals surface area contributed by atoms with Gasteiger partial charge < -0.3 is 16.2 Å². The molecule has 0 aromatic carbocycles. The maximum absolute atomic E-state index is 11.5. The molecule has 5 heteroatoms. The van der Waals surface area contributed by atoms with Crippen LogP contribution < -0.4 is 11.1 Å². The number of rotatable bonds is 5. The molecule has 0 aromatic rings. The number of carboxylic acid groups (broad SMARTS) is 1. The summed E-state index contributed by atoms with van der Waals surface area (Å²) in [4.78, 5) is 21.9. The number of aliphatic carboxylic acids is 1. The average molecular weight is 228 g/mol. The Morgan fingerprint density at radius 2 is 2.00 bits per heavy atom. The lowest BCUT2D eigenvalue weighted by molar-refractivity contribution is -0.139. The second-order valence-corrected chi connectivity index (χ2v) is 4.55. The third-order valence-corrected chi connectivity index (χ3v) is 3.21. The highest BCUT2D eigenvalue weighted by Crippen LogP contribution is 2.27. The lowest BCUT2D eigenvalue weighted by atomic mass is 9.99. The number of hydrogen-bond acceptors (Lipinski definition) is 3. The molecule has 16 heavy (non-hydrogen) atoms. The zero-order valence-corrected chi connectivity index (χ0v) is 9.61. The van der Waals surface area contributed by atoms with Crippen molar-refractivity contribution in [1.82, 2.24) is 5.32 Å². The number of carbonyl (C=O) groups is 2. The summed E-state index contributed by atoms with van der Waals surface area (Å²) in [6.07, 6.45) is 4.38. The Balaban J connectivity index is 2.34. The van der Waals surface area contributed by atoms with Crippen molar-refractivity contribution in [1.29, 1.82) is 0 Å². The predicted molar refractivity (Wildman–Crippen MR) is 59.8 cm³/mol. The van der Waals surface area contributed by atoms with Crippen molar-refractivity contribution in [3.63, 3.8) is 0 Å². The van der Waals surface area contributed by atoms with E-state index in [9.17, 15) is 9.59 Å². The highest BCUT2D eigenvalue weighted by molar-refractivity contribution is 5.86. The summed E-state index contributed by atoms with van der Waals surface area (Å²) in [5.41, 5.74) is 5.47. The van der Waals surface area contributed by atoms with Gasteiger partial charge in [-0.2, -0.15) is 0 Å². The lowest BCUT2D eigenvalue weighted by Gasteiger charge is -2.21. The van der Waals surface area contributed by atoms with Gasteiger partial charge in [-0.05, 0) is 25.7 Å². The van der Waals surface area contributed by atoms with Gasteiger partial charge in [-0.1, -0.05) is 12.8 Å². The zero-order chi connectivity index (χ0) is 12.1. The smallest absolute Gasteiger partial charge is 0.305 e. The van der Waals surface area contributed by atoms with E-state index in [1.54, 1.807) is 0 Å². The molecule has 1 unspecified atom stereocenters. The maximum atomic E-state index is 11.5. The minimum absolute atomic E-state index is 0.0924. The van der Waals surface area contributed by atoms with Crippen LogP contribution in [0.2, 0.25) is 0 Å². The van der Waals surface area contributed by atoms with Gasteiger partial charge in [-0.15, -0.1) is 0 Å². The van der Waals surface area contributed by atoms with E-state index in [1.165, 1.54) is 12.8 Å². The molecule has 0 heterocycles. The number of nitrogens with two attached hydrogens (primary N) is 1. The summed E-state index contributed by atoms with van der Waals surface area (Å²) in [7, 11) is 0.